The van der Waals surface area contributed by atoms with Crippen molar-refractivity contribution in [3.8, 4) is 0 Å². The van der Waals surface area contributed by atoms with Gasteiger partial charge in [-0.05, 0) is 51.1 Å². The number of carbonyl (C=O) groups excluding carboxylic acids is 2. The van der Waals surface area contributed by atoms with Crippen LogP contribution in [0.3, 0.4) is 0 Å². The molecule has 33 heavy (non-hydrogen) atoms. The molecule has 11 heteroatoms. The fraction of sp³-hybridized carbons (Fsp3) is 0.273. The molecule has 174 valence electrons. The van der Waals surface area contributed by atoms with E-state index in [0.29, 0.717) is 11.0 Å². The first-order valence-corrected chi connectivity index (χ1v) is 11.6. The van der Waals surface area contributed by atoms with Crippen LogP contribution < -0.4 is 15.4 Å². The highest BCUT2D eigenvalue weighted by atomic mass is 32.2. The predicted octanol–water partition coefficient (Wildman–Crippen LogP) is 2.69. The third-order valence-corrected chi connectivity index (χ3v) is 5.63. The molecule has 0 saturated carbocycles. The molecule has 0 saturated heterocycles. The zero-order chi connectivity index (χ0) is 24.1. The molecule has 1 heterocycles. The monoisotopic (exact) mass is 471 g/mol. The Labute approximate surface area is 191 Å². The number of para-hydroxylation sites is 2. The first kappa shape index (κ1) is 24.1. The minimum Gasteiger partial charge on any atom is -0.444 e. The van der Waals surface area contributed by atoms with E-state index < -0.39 is 27.6 Å². The molecular weight excluding hydrogens is 446 g/mol. The van der Waals surface area contributed by atoms with Gasteiger partial charge >= 0.3 is 6.09 Å². The topological polar surface area (TPSA) is 139 Å². The summed E-state index contributed by atoms with van der Waals surface area (Å²) < 4.78 is 32.6. The number of benzene rings is 2. The number of fused-ring (bicyclic) bond motifs is 1. The Morgan fingerprint density at radius 2 is 1.73 bits per heavy atom. The number of sulfonamides is 1. The summed E-state index contributed by atoms with van der Waals surface area (Å²) >= 11 is 0. The van der Waals surface area contributed by atoms with Crippen LogP contribution in [0.4, 0.5) is 10.5 Å². The lowest BCUT2D eigenvalue weighted by molar-refractivity contribution is 0.0528. The van der Waals surface area contributed by atoms with Crippen LogP contribution >= 0.6 is 0 Å². The van der Waals surface area contributed by atoms with Gasteiger partial charge < -0.3 is 15.4 Å². The van der Waals surface area contributed by atoms with Gasteiger partial charge in [0, 0.05) is 18.8 Å². The van der Waals surface area contributed by atoms with Gasteiger partial charge in [-0.25, -0.2) is 22.9 Å². The molecule has 0 fully saturated rings. The van der Waals surface area contributed by atoms with Crippen molar-refractivity contribution in [1.82, 2.24) is 20.0 Å². The molecule has 0 spiro atoms. The van der Waals surface area contributed by atoms with E-state index in [1.54, 1.807) is 45.0 Å². The zero-order valence-electron chi connectivity index (χ0n) is 18.5. The fourth-order valence-electron chi connectivity index (χ4n) is 2.75. The van der Waals surface area contributed by atoms with Crippen LogP contribution in [0.1, 0.15) is 31.3 Å². The van der Waals surface area contributed by atoms with Crippen molar-refractivity contribution in [3.63, 3.8) is 0 Å². The van der Waals surface area contributed by atoms with E-state index in [4.69, 9.17) is 4.74 Å². The van der Waals surface area contributed by atoms with Crippen LogP contribution in [0, 0.1) is 0 Å². The van der Waals surface area contributed by atoms with Gasteiger partial charge in [-0.3, -0.25) is 9.78 Å². The molecule has 0 radical (unpaired) electrons. The first-order chi connectivity index (χ1) is 15.5. The highest BCUT2D eigenvalue weighted by Gasteiger charge is 2.18. The quantitative estimate of drug-likeness (QED) is 0.450. The Morgan fingerprint density at radius 1 is 1.00 bits per heavy atom. The normalized spacial score (nSPS) is 11.7. The van der Waals surface area contributed by atoms with E-state index in [1.807, 2.05) is 6.07 Å². The lowest BCUT2D eigenvalue weighted by Gasteiger charge is -2.19. The molecule has 2 amide bonds. The molecule has 1 aromatic heterocycles. The van der Waals surface area contributed by atoms with E-state index in [1.165, 1.54) is 24.4 Å². The number of aromatic nitrogens is 2. The summed E-state index contributed by atoms with van der Waals surface area (Å²) in [6.07, 6.45) is 0.723. The fourth-order valence-corrected chi connectivity index (χ4v) is 3.83. The smallest absolute Gasteiger partial charge is 0.407 e. The second-order valence-corrected chi connectivity index (χ2v) is 9.82. The first-order valence-electron chi connectivity index (χ1n) is 10.1. The Hall–Kier alpha value is -3.57. The number of amides is 2. The zero-order valence-corrected chi connectivity index (χ0v) is 19.3. The molecule has 0 atom stereocenters. The molecule has 0 bridgehead atoms. The number of ether oxygens (including phenoxy) is 1. The molecule has 0 aliphatic carbocycles. The van der Waals surface area contributed by atoms with Crippen LogP contribution in [-0.4, -0.2) is 49.1 Å². The van der Waals surface area contributed by atoms with Crippen molar-refractivity contribution < 1.29 is 22.7 Å². The van der Waals surface area contributed by atoms with Crippen LogP contribution in [0.5, 0.6) is 0 Å². The van der Waals surface area contributed by atoms with E-state index in [0.717, 1.165) is 0 Å². The van der Waals surface area contributed by atoms with Gasteiger partial charge in [0.05, 0.1) is 22.1 Å². The minimum atomic E-state index is -3.87. The van der Waals surface area contributed by atoms with Gasteiger partial charge in [0.25, 0.3) is 5.91 Å². The average Bonchev–Trinajstić information content (AvgIpc) is 2.75. The van der Waals surface area contributed by atoms with Crippen LogP contribution in [0.15, 0.2) is 59.6 Å². The van der Waals surface area contributed by atoms with Crippen molar-refractivity contribution in [3.05, 3.63) is 60.4 Å². The number of nitrogens with one attached hydrogen (secondary N) is 3. The van der Waals surface area contributed by atoms with Crippen molar-refractivity contribution in [2.75, 3.05) is 18.4 Å². The van der Waals surface area contributed by atoms with E-state index >= 15 is 0 Å². The van der Waals surface area contributed by atoms with Gasteiger partial charge in [-0.2, -0.15) is 0 Å². The van der Waals surface area contributed by atoms with Gasteiger partial charge in [0.2, 0.25) is 10.0 Å². The minimum absolute atomic E-state index is 0.0369. The van der Waals surface area contributed by atoms with Crippen LogP contribution in [-0.2, 0) is 14.8 Å². The standard InChI is InChI=1S/C22H25N5O5S/c1-22(2,3)32-21(29)23-11-12-25-33(30,31)16-8-6-7-15(13-16)26-20(28)19-14-24-17-9-4-5-10-18(17)27-19/h4-10,13-14,25H,11-12H2,1-3H3,(H,23,29)(H,26,28). The van der Waals surface area contributed by atoms with Crippen molar-refractivity contribution in [1.29, 1.82) is 0 Å². The number of rotatable bonds is 7. The summed E-state index contributed by atoms with van der Waals surface area (Å²) in [5, 5.41) is 5.11. The van der Waals surface area contributed by atoms with E-state index in [-0.39, 0.29) is 29.4 Å². The summed E-state index contributed by atoms with van der Waals surface area (Å²) in [4.78, 5) is 32.6. The molecule has 2 aromatic carbocycles. The number of carbonyl (C=O) groups is 2. The van der Waals surface area contributed by atoms with Gasteiger partial charge in [-0.15, -0.1) is 0 Å². The molecule has 10 nitrogen and oxygen atoms in total. The molecule has 3 rings (SSSR count). The van der Waals surface area contributed by atoms with Crippen molar-refractivity contribution >= 4 is 38.7 Å². The third-order valence-electron chi connectivity index (χ3n) is 4.17. The van der Waals surface area contributed by atoms with E-state index in [9.17, 15) is 18.0 Å². The maximum absolute atomic E-state index is 12.6. The molecule has 3 aromatic rings. The summed E-state index contributed by atoms with van der Waals surface area (Å²) in [5.41, 5.74) is 0.977. The Morgan fingerprint density at radius 3 is 2.45 bits per heavy atom. The summed E-state index contributed by atoms with van der Waals surface area (Å²) in [6, 6.07) is 13.0. The largest absolute Gasteiger partial charge is 0.444 e. The SMILES string of the molecule is CC(C)(C)OC(=O)NCCNS(=O)(=O)c1cccc(NC(=O)c2cnc3ccccc3n2)c1. The number of alkyl carbamates (subject to hydrolysis) is 1. The Balaban J connectivity index is 1.60. The number of hydrogen-bond acceptors (Lipinski definition) is 7. The van der Waals surface area contributed by atoms with Crippen molar-refractivity contribution in [2.24, 2.45) is 0 Å². The number of hydrogen-bond donors (Lipinski definition) is 3. The highest BCUT2D eigenvalue weighted by molar-refractivity contribution is 7.89. The lowest BCUT2D eigenvalue weighted by atomic mass is 10.2. The second-order valence-electron chi connectivity index (χ2n) is 8.05. The Kier molecular flexibility index (Phi) is 7.24. The molecule has 0 aliphatic heterocycles. The van der Waals surface area contributed by atoms with Gasteiger partial charge in [0.15, 0.2) is 0 Å². The maximum Gasteiger partial charge on any atom is 0.407 e. The molecule has 0 unspecified atom stereocenters. The van der Waals surface area contributed by atoms with Crippen LogP contribution in [0.25, 0.3) is 11.0 Å². The van der Waals surface area contributed by atoms with Crippen molar-refractivity contribution in [2.45, 2.75) is 31.3 Å². The number of anilines is 1. The van der Waals surface area contributed by atoms with Crippen LogP contribution in [0.2, 0.25) is 0 Å². The summed E-state index contributed by atoms with van der Waals surface area (Å²) in [5.74, 6) is -0.516. The summed E-state index contributed by atoms with van der Waals surface area (Å²) in [7, 11) is -3.87. The maximum atomic E-state index is 12.6. The van der Waals surface area contributed by atoms with Gasteiger partial charge in [-0.1, -0.05) is 18.2 Å². The Bertz CT molecular complexity index is 1270. The number of nitrogens with zero attached hydrogens (tertiary/aromatic N) is 2. The van der Waals surface area contributed by atoms with Gasteiger partial charge in [0.1, 0.15) is 11.3 Å². The third kappa shape index (κ3) is 6.96. The predicted molar refractivity (Wildman–Crippen MR) is 123 cm³/mol. The molecule has 0 aliphatic rings. The second kappa shape index (κ2) is 9.92. The molecular formula is C22H25N5O5S. The van der Waals surface area contributed by atoms with E-state index in [2.05, 4.69) is 25.3 Å². The average molecular weight is 472 g/mol. The lowest BCUT2D eigenvalue weighted by Crippen LogP contribution is -2.37. The summed E-state index contributed by atoms with van der Waals surface area (Å²) in [6.45, 7) is 5.20. The highest BCUT2D eigenvalue weighted by Crippen LogP contribution is 2.17. The molecule has 3 N–H and O–H groups in total.